The average molecular weight is 378 g/mol. The molecule has 1 N–H and O–H groups in total. The molecule has 146 valence electrons. The number of nitrogens with zero attached hydrogens (tertiary/aromatic N) is 1. The Kier molecular flexibility index (Phi) is 5.07. The minimum Gasteiger partial charge on any atom is -0.493 e. The molecule has 0 saturated carbocycles. The number of carbonyl (C=O) groups is 2. The van der Waals surface area contributed by atoms with Gasteiger partial charge in [0, 0.05) is 31.1 Å². The van der Waals surface area contributed by atoms with Crippen molar-refractivity contribution < 1.29 is 14.3 Å². The second-order valence-electron chi connectivity index (χ2n) is 7.86. The van der Waals surface area contributed by atoms with Crippen molar-refractivity contribution >= 4 is 17.5 Å². The average Bonchev–Trinajstić information content (AvgIpc) is 3.09. The first-order valence-corrected chi connectivity index (χ1v) is 9.88. The zero-order valence-electron chi connectivity index (χ0n) is 16.4. The van der Waals surface area contributed by atoms with Crippen LogP contribution >= 0.6 is 0 Å². The topological polar surface area (TPSA) is 58.6 Å². The molecule has 28 heavy (non-hydrogen) atoms. The number of nitrogens with one attached hydrogen (secondary N) is 1. The summed E-state index contributed by atoms with van der Waals surface area (Å²) < 4.78 is 5.80. The van der Waals surface area contributed by atoms with E-state index in [0.29, 0.717) is 19.7 Å². The van der Waals surface area contributed by atoms with E-state index in [1.807, 2.05) is 50.2 Å². The molecule has 0 bridgehead atoms. The minimum atomic E-state index is -0.302. The molecule has 0 spiro atoms. The van der Waals surface area contributed by atoms with E-state index in [1.165, 1.54) is 5.56 Å². The number of hydrogen-bond donors (Lipinski definition) is 1. The summed E-state index contributed by atoms with van der Waals surface area (Å²) in [7, 11) is 0. The fraction of sp³-hybridized carbons (Fsp3) is 0.391. The Morgan fingerprint density at radius 2 is 1.96 bits per heavy atom. The van der Waals surface area contributed by atoms with Crippen molar-refractivity contribution in [2.45, 2.75) is 26.7 Å². The molecule has 2 amide bonds. The number of benzene rings is 2. The normalized spacial score (nSPS) is 21.2. The lowest BCUT2D eigenvalue weighted by atomic mass is 9.96. The Morgan fingerprint density at radius 3 is 2.82 bits per heavy atom. The van der Waals surface area contributed by atoms with E-state index in [2.05, 4.69) is 11.4 Å². The van der Waals surface area contributed by atoms with Crippen LogP contribution in [0.15, 0.2) is 42.5 Å². The third-order valence-corrected chi connectivity index (χ3v) is 5.88. The molecule has 2 heterocycles. The molecular weight excluding hydrogens is 352 g/mol. The van der Waals surface area contributed by atoms with Crippen molar-refractivity contribution in [2.75, 3.05) is 24.6 Å². The van der Waals surface area contributed by atoms with Crippen LogP contribution in [0.2, 0.25) is 0 Å². The molecular formula is C23H26N2O3. The van der Waals surface area contributed by atoms with Gasteiger partial charge in [-0.25, -0.2) is 0 Å². The molecule has 0 radical (unpaired) electrons. The Labute approximate surface area is 165 Å². The molecule has 2 aliphatic rings. The van der Waals surface area contributed by atoms with Crippen LogP contribution in [0.25, 0.3) is 0 Å². The van der Waals surface area contributed by atoms with Crippen molar-refractivity contribution in [2.24, 2.45) is 11.8 Å². The van der Waals surface area contributed by atoms with Gasteiger partial charge in [-0.15, -0.1) is 0 Å². The Bertz CT molecular complexity index is 908. The number of fused-ring (bicyclic) bond motifs is 1. The number of carbonyl (C=O) groups excluding carboxylic acids is 2. The van der Waals surface area contributed by atoms with Crippen LogP contribution in [0.1, 0.15) is 23.1 Å². The molecule has 1 saturated heterocycles. The first-order chi connectivity index (χ1) is 13.5. The second-order valence-corrected chi connectivity index (χ2v) is 7.86. The Balaban J connectivity index is 1.35. The van der Waals surface area contributed by atoms with Crippen molar-refractivity contribution in [3.05, 3.63) is 59.2 Å². The number of ether oxygens (including phenoxy) is 1. The van der Waals surface area contributed by atoms with Crippen molar-refractivity contribution in [3.8, 4) is 5.75 Å². The van der Waals surface area contributed by atoms with Crippen molar-refractivity contribution in [3.63, 3.8) is 0 Å². The number of hydrogen-bond acceptors (Lipinski definition) is 3. The van der Waals surface area contributed by atoms with Crippen LogP contribution in [-0.4, -0.2) is 31.5 Å². The number of rotatable bonds is 4. The highest BCUT2D eigenvalue weighted by atomic mass is 16.5. The molecule has 1 fully saturated rings. The van der Waals surface area contributed by atoms with Crippen molar-refractivity contribution in [1.82, 2.24) is 5.32 Å². The van der Waals surface area contributed by atoms with E-state index in [0.717, 1.165) is 29.0 Å². The highest BCUT2D eigenvalue weighted by Crippen LogP contribution is 2.30. The summed E-state index contributed by atoms with van der Waals surface area (Å²) in [5.74, 6) is 0.870. The quantitative estimate of drug-likeness (QED) is 0.890. The van der Waals surface area contributed by atoms with Crippen LogP contribution in [0.5, 0.6) is 5.75 Å². The van der Waals surface area contributed by atoms with Gasteiger partial charge in [0.25, 0.3) is 0 Å². The summed E-state index contributed by atoms with van der Waals surface area (Å²) in [4.78, 5) is 27.0. The predicted molar refractivity (Wildman–Crippen MR) is 109 cm³/mol. The molecule has 5 nitrogen and oxygen atoms in total. The number of aryl methyl sites for hydroxylation is 1. The highest BCUT2D eigenvalue weighted by Gasteiger charge is 2.36. The van der Waals surface area contributed by atoms with E-state index in [-0.39, 0.29) is 30.1 Å². The molecule has 5 heteroatoms. The van der Waals surface area contributed by atoms with Gasteiger partial charge in [-0.05, 0) is 49.1 Å². The van der Waals surface area contributed by atoms with Gasteiger partial charge in [-0.2, -0.15) is 0 Å². The van der Waals surface area contributed by atoms with E-state index in [9.17, 15) is 9.59 Å². The molecule has 0 aliphatic carbocycles. The Morgan fingerprint density at radius 1 is 1.14 bits per heavy atom. The summed E-state index contributed by atoms with van der Waals surface area (Å²) in [5, 5.41) is 3.05. The van der Waals surface area contributed by atoms with Crippen LogP contribution < -0.4 is 15.0 Å². The molecule has 2 aliphatic heterocycles. The van der Waals surface area contributed by atoms with Crippen LogP contribution in [0.3, 0.4) is 0 Å². The maximum atomic E-state index is 12.7. The van der Waals surface area contributed by atoms with E-state index in [4.69, 9.17) is 4.74 Å². The Hall–Kier alpha value is -2.82. The number of amides is 2. The van der Waals surface area contributed by atoms with Crippen LogP contribution in [-0.2, 0) is 16.0 Å². The number of para-hydroxylation sites is 1. The zero-order chi connectivity index (χ0) is 19.7. The van der Waals surface area contributed by atoms with Crippen molar-refractivity contribution in [1.29, 1.82) is 0 Å². The fourth-order valence-corrected chi connectivity index (χ4v) is 4.06. The van der Waals surface area contributed by atoms with Gasteiger partial charge in [0.2, 0.25) is 11.8 Å². The molecule has 2 atom stereocenters. The van der Waals surface area contributed by atoms with Gasteiger partial charge in [-0.1, -0.05) is 30.3 Å². The second kappa shape index (κ2) is 7.66. The lowest BCUT2D eigenvalue weighted by molar-refractivity contribution is -0.126. The monoisotopic (exact) mass is 378 g/mol. The summed E-state index contributed by atoms with van der Waals surface area (Å²) in [6, 6.07) is 14.0. The minimum absolute atomic E-state index is 0.0174. The van der Waals surface area contributed by atoms with Gasteiger partial charge in [0.1, 0.15) is 5.75 Å². The van der Waals surface area contributed by atoms with E-state index in [1.54, 1.807) is 4.90 Å². The predicted octanol–water partition coefficient (Wildman–Crippen LogP) is 3.02. The van der Waals surface area contributed by atoms with E-state index < -0.39 is 0 Å². The number of anilines is 1. The summed E-state index contributed by atoms with van der Waals surface area (Å²) in [6.45, 7) is 5.68. The largest absolute Gasteiger partial charge is 0.493 e. The molecule has 2 unspecified atom stereocenters. The van der Waals surface area contributed by atoms with Gasteiger partial charge >= 0.3 is 0 Å². The van der Waals surface area contributed by atoms with Gasteiger partial charge in [-0.3, -0.25) is 9.59 Å². The zero-order valence-corrected chi connectivity index (χ0v) is 16.4. The highest BCUT2D eigenvalue weighted by molar-refractivity contribution is 6.00. The standard InChI is InChI=1S/C23H26N2O3/c1-15-6-5-8-20(16(15)2)25-13-19(11-22(25)26)23(27)24-12-17-10-18-7-3-4-9-21(18)28-14-17/h3-9,17,19H,10-14H2,1-2H3,(H,24,27). The smallest absolute Gasteiger partial charge is 0.227 e. The first-order valence-electron chi connectivity index (χ1n) is 9.88. The van der Waals surface area contributed by atoms with Crippen LogP contribution in [0, 0.1) is 25.7 Å². The third-order valence-electron chi connectivity index (χ3n) is 5.88. The maximum Gasteiger partial charge on any atom is 0.227 e. The lowest BCUT2D eigenvalue weighted by Crippen LogP contribution is -2.38. The van der Waals surface area contributed by atoms with Gasteiger partial charge in [0.05, 0.1) is 12.5 Å². The van der Waals surface area contributed by atoms with Gasteiger partial charge in [0.15, 0.2) is 0 Å². The molecule has 2 aromatic carbocycles. The van der Waals surface area contributed by atoms with Crippen LogP contribution in [0.4, 0.5) is 5.69 Å². The van der Waals surface area contributed by atoms with E-state index >= 15 is 0 Å². The molecule has 2 aromatic rings. The third kappa shape index (κ3) is 3.61. The fourth-order valence-electron chi connectivity index (χ4n) is 4.06. The first kappa shape index (κ1) is 18.5. The maximum absolute atomic E-state index is 12.7. The summed E-state index contributed by atoms with van der Waals surface area (Å²) >= 11 is 0. The van der Waals surface area contributed by atoms with Gasteiger partial charge < -0.3 is 15.0 Å². The SMILES string of the molecule is Cc1cccc(N2CC(C(=O)NCC3COc4ccccc4C3)CC2=O)c1C. The summed E-state index contributed by atoms with van der Waals surface area (Å²) in [5.41, 5.74) is 4.34. The summed E-state index contributed by atoms with van der Waals surface area (Å²) in [6.07, 6.45) is 1.16. The lowest BCUT2D eigenvalue weighted by Gasteiger charge is -2.26. The molecule has 4 rings (SSSR count). The molecule has 0 aromatic heterocycles.